The summed E-state index contributed by atoms with van der Waals surface area (Å²) in [6, 6.07) is 0. The van der Waals surface area contributed by atoms with Gasteiger partial charge in [-0.15, -0.1) is 6.58 Å². The first-order valence-corrected chi connectivity index (χ1v) is 6.95. The van der Waals surface area contributed by atoms with Crippen LogP contribution in [0.15, 0.2) is 12.7 Å². The number of rotatable bonds is 3. The molecule has 1 saturated heterocycles. The zero-order valence-electron chi connectivity index (χ0n) is 11.3. The monoisotopic (exact) mass is 261 g/mol. The smallest absolute Gasteiger partial charge is 0.198 e. The number of aromatic nitrogens is 1. The minimum atomic E-state index is -0.112. The van der Waals surface area contributed by atoms with Gasteiger partial charge in [-0.1, -0.05) is 19.9 Å². The second-order valence-corrected chi connectivity index (χ2v) is 6.36. The molecule has 4 unspecified atom stereocenters. The van der Waals surface area contributed by atoms with Crippen LogP contribution in [0.3, 0.4) is 0 Å². The van der Waals surface area contributed by atoms with Crippen molar-refractivity contribution in [2.45, 2.75) is 50.4 Å². The molecule has 2 aliphatic carbocycles. The maximum absolute atomic E-state index is 10.5. The highest BCUT2D eigenvalue weighted by atomic mass is 16.6. The lowest BCUT2D eigenvalue weighted by Gasteiger charge is -2.31. The minimum Gasteiger partial charge on any atom is -0.494 e. The molecule has 4 nitrogen and oxygen atoms in total. The van der Waals surface area contributed by atoms with Gasteiger partial charge in [-0.2, -0.15) is 0 Å². The predicted molar refractivity (Wildman–Crippen MR) is 70.5 cm³/mol. The van der Waals surface area contributed by atoms with Crippen molar-refractivity contribution in [2.75, 3.05) is 0 Å². The Kier molecular flexibility index (Phi) is 1.91. The molecular formula is C15H19NO3. The number of aromatic hydroxyl groups is 2. The fraction of sp³-hybridized carbons (Fsp3) is 0.600. The van der Waals surface area contributed by atoms with Crippen LogP contribution in [0, 0.1) is 5.92 Å². The largest absolute Gasteiger partial charge is 0.494 e. The Morgan fingerprint density at radius 3 is 2.84 bits per heavy atom. The second kappa shape index (κ2) is 3.18. The molecule has 2 N–H and O–H groups in total. The van der Waals surface area contributed by atoms with E-state index in [1.165, 1.54) is 0 Å². The fourth-order valence-corrected chi connectivity index (χ4v) is 4.53. The van der Waals surface area contributed by atoms with E-state index in [1.807, 2.05) is 0 Å². The molecule has 2 heterocycles. The van der Waals surface area contributed by atoms with Crippen molar-refractivity contribution in [1.82, 2.24) is 4.57 Å². The first-order chi connectivity index (χ1) is 9.04. The summed E-state index contributed by atoms with van der Waals surface area (Å²) in [6.45, 7) is 8.47. The Morgan fingerprint density at radius 1 is 1.47 bits per heavy atom. The van der Waals surface area contributed by atoms with Crippen molar-refractivity contribution < 1.29 is 14.9 Å². The standard InChI is InChI=1S/C15H19NO3/c1-4-5-16-13(17)9-8-6-15(7(2)3,10(9)14(16)18)12-11(8)19-12/h4,7-8,11-12,17-18H,1,5-6H2,2-3H3. The summed E-state index contributed by atoms with van der Waals surface area (Å²) in [5, 5.41) is 20.9. The van der Waals surface area contributed by atoms with E-state index in [4.69, 9.17) is 4.74 Å². The normalized spacial score (nSPS) is 37.5. The summed E-state index contributed by atoms with van der Waals surface area (Å²) in [6.07, 6.45) is 3.17. The van der Waals surface area contributed by atoms with Crippen LogP contribution in [0.25, 0.3) is 0 Å². The highest BCUT2D eigenvalue weighted by molar-refractivity contribution is 5.62. The molecular weight excluding hydrogens is 242 g/mol. The molecule has 2 bridgehead atoms. The molecule has 102 valence electrons. The third kappa shape index (κ3) is 1.03. The van der Waals surface area contributed by atoms with Crippen LogP contribution in [0.5, 0.6) is 11.8 Å². The highest BCUT2D eigenvalue weighted by Crippen LogP contribution is 2.72. The summed E-state index contributed by atoms with van der Waals surface area (Å²) in [7, 11) is 0. The Balaban J connectivity index is 1.98. The van der Waals surface area contributed by atoms with E-state index in [0.717, 1.165) is 17.5 Å². The average molecular weight is 261 g/mol. The van der Waals surface area contributed by atoms with E-state index in [-0.39, 0.29) is 35.3 Å². The van der Waals surface area contributed by atoms with Crippen molar-refractivity contribution in [3.05, 3.63) is 23.8 Å². The first-order valence-electron chi connectivity index (χ1n) is 6.95. The van der Waals surface area contributed by atoms with Gasteiger partial charge >= 0.3 is 0 Å². The van der Waals surface area contributed by atoms with Gasteiger partial charge in [-0.05, 0) is 12.3 Å². The number of hydrogen-bond acceptors (Lipinski definition) is 3. The number of allylic oxidation sites excluding steroid dienone is 1. The molecule has 4 atom stereocenters. The van der Waals surface area contributed by atoms with Crippen LogP contribution >= 0.6 is 0 Å². The lowest BCUT2D eigenvalue weighted by molar-refractivity contribution is 0.185. The third-order valence-electron chi connectivity index (χ3n) is 5.41. The van der Waals surface area contributed by atoms with Crippen LogP contribution in [-0.4, -0.2) is 27.0 Å². The van der Waals surface area contributed by atoms with Crippen molar-refractivity contribution in [3.8, 4) is 11.8 Å². The number of ether oxygens (including phenoxy) is 1. The number of epoxide rings is 1. The Bertz CT molecular complexity index is 589. The van der Waals surface area contributed by atoms with Crippen LogP contribution in [0.4, 0.5) is 0 Å². The summed E-state index contributed by atoms with van der Waals surface area (Å²) >= 11 is 0. The molecule has 1 saturated carbocycles. The molecule has 0 amide bonds. The SMILES string of the molecule is C=CCn1c(O)c2c(c1O)C1(C(C)C)CC2C2OC21. The first kappa shape index (κ1) is 11.4. The van der Waals surface area contributed by atoms with E-state index in [9.17, 15) is 10.2 Å². The van der Waals surface area contributed by atoms with Gasteiger partial charge in [0.15, 0.2) is 11.8 Å². The van der Waals surface area contributed by atoms with Crippen molar-refractivity contribution in [2.24, 2.45) is 5.92 Å². The molecule has 2 fully saturated rings. The molecule has 3 aliphatic rings. The summed E-state index contributed by atoms with van der Waals surface area (Å²) in [5.74, 6) is 1.05. The number of fused-ring (bicyclic) bond motifs is 8. The van der Waals surface area contributed by atoms with Crippen molar-refractivity contribution >= 4 is 0 Å². The molecule has 4 rings (SSSR count). The molecule has 19 heavy (non-hydrogen) atoms. The van der Waals surface area contributed by atoms with Crippen LogP contribution < -0.4 is 0 Å². The van der Waals surface area contributed by atoms with Gasteiger partial charge in [-0.3, -0.25) is 4.57 Å². The van der Waals surface area contributed by atoms with Gasteiger partial charge in [0.2, 0.25) is 0 Å². The van der Waals surface area contributed by atoms with E-state index in [2.05, 4.69) is 20.4 Å². The maximum atomic E-state index is 10.5. The van der Waals surface area contributed by atoms with Crippen molar-refractivity contribution in [3.63, 3.8) is 0 Å². The fourth-order valence-electron chi connectivity index (χ4n) is 4.53. The van der Waals surface area contributed by atoms with Crippen LogP contribution in [0.2, 0.25) is 0 Å². The molecule has 1 aromatic rings. The molecule has 0 aromatic carbocycles. The molecule has 0 radical (unpaired) electrons. The molecule has 1 aliphatic heterocycles. The second-order valence-electron chi connectivity index (χ2n) is 6.36. The van der Waals surface area contributed by atoms with Gasteiger partial charge in [-0.25, -0.2) is 0 Å². The predicted octanol–water partition coefficient (Wildman–Crippen LogP) is 2.25. The average Bonchev–Trinajstić information content (AvgIpc) is 2.95. The summed E-state index contributed by atoms with van der Waals surface area (Å²) in [5.41, 5.74) is 1.75. The van der Waals surface area contributed by atoms with E-state index >= 15 is 0 Å². The quantitative estimate of drug-likeness (QED) is 0.648. The third-order valence-corrected chi connectivity index (χ3v) is 5.41. The molecule has 0 spiro atoms. The summed E-state index contributed by atoms with van der Waals surface area (Å²) in [4.78, 5) is 0. The lowest BCUT2D eigenvalue weighted by Crippen LogP contribution is -2.34. The van der Waals surface area contributed by atoms with Gasteiger partial charge in [0.1, 0.15) is 0 Å². The number of hydrogen-bond donors (Lipinski definition) is 2. The summed E-state index contributed by atoms with van der Waals surface area (Å²) < 4.78 is 7.36. The van der Waals surface area contributed by atoms with Gasteiger partial charge in [0, 0.05) is 29.0 Å². The van der Waals surface area contributed by atoms with E-state index in [1.54, 1.807) is 10.6 Å². The highest BCUT2D eigenvalue weighted by Gasteiger charge is 2.73. The van der Waals surface area contributed by atoms with E-state index in [0.29, 0.717) is 12.5 Å². The van der Waals surface area contributed by atoms with Gasteiger partial charge in [0.25, 0.3) is 0 Å². The van der Waals surface area contributed by atoms with Crippen LogP contribution in [-0.2, 0) is 16.7 Å². The maximum Gasteiger partial charge on any atom is 0.198 e. The Morgan fingerprint density at radius 2 is 2.21 bits per heavy atom. The minimum absolute atomic E-state index is 0.112. The zero-order valence-corrected chi connectivity index (χ0v) is 11.3. The van der Waals surface area contributed by atoms with Crippen LogP contribution in [0.1, 0.15) is 37.3 Å². The molecule has 1 aromatic heterocycles. The lowest BCUT2D eigenvalue weighted by atomic mass is 9.71. The van der Waals surface area contributed by atoms with Gasteiger partial charge < -0.3 is 14.9 Å². The molecule has 4 heteroatoms. The van der Waals surface area contributed by atoms with Gasteiger partial charge in [0.05, 0.1) is 12.2 Å². The zero-order chi connectivity index (χ0) is 13.5. The van der Waals surface area contributed by atoms with E-state index < -0.39 is 0 Å². The topological polar surface area (TPSA) is 57.9 Å². The Labute approximate surface area is 112 Å². The Hall–Kier alpha value is -1.42. The number of nitrogens with zero attached hydrogens (tertiary/aromatic N) is 1. The van der Waals surface area contributed by atoms with Crippen molar-refractivity contribution in [1.29, 1.82) is 0 Å².